The Morgan fingerprint density at radius 2 is 1.59 bits per heavy atom. The van der Waals surface area contributed by atoms with Gasteiger partial charge in [-0.25, -0.2) is 9.18 Å². The molecule has 0 bridgehead atoms. The maximum absolute atomic E-state index is 13.4. The van der Waals surface area contributed by atoms with Gasteiger partial charge in [-0.15, -0.1) is 0 Å². The maximum Gasteiger partial charge on any atom is 0.321 e. The first-order chi connectivity index (χ1) is 14.0. The van der Waals surface area contributed by atoms with Gasteiger partial charge in [0.15, 0.2) is 0 Å². The Balaban J connectivity index is 1.61. The summed E-state index contributed by atoms with van der Waals surface area (Å²) in [7, 11) is 1.54. The number of halogens is 1. The summed E-state index contributed by atoms with van der Waals surface area (Å²) in [6.45, 7) is 1.71. The van der Waals surface area contributed by atoms with E-state index in [4.69, 9.17) is 0 Å². The monoisotopic (exact) mass is 398 g/mol. The fourth-order valence-corrected chi connectivity index (χ4v) is 3.21. The van der Waals surface area contributed by atoms with Crippen molar-refractivity contribution in [2.75, 3.05) is 38.5 Å². The molecule has 7 nitrogen and oxygen atoms in total. The van der Waals surface area contributed by atoms with Crippen LogP contribution in [0.5, 0.6) is 0 Å². The summed E-state index contributed by atoms with van der Waals surface area (Å²) in [6, 6.07) is 12.0. The lowest BCUT2D eigenvalue weighted by Gasteiger charge is -2.22. The molecule has 29 heavy (non-hydrogen) atoms. The highest BCUT2D eigenvalue weighted by molar-refractivity contribution is 5.97. The minimum Gasteiger partial charge on any atom is -0.355 e. The first kappa shape index (κ1) is 20.3. The number of rotatable bonds is 3. The number of amides is 4. The number of nitrogens with zero attached hydrogens (tertiary/aromatic N) is 2. The molecule has 152 valence electrons. The molecule has 1 aliphatic heterocycles. The maximum atomic E-state index is 13.4. The molecule has 1 saturated heterocycles. The number of carbonyl (C=O) groups is 3. The lowest BCUT2D eigenvalue weighted by molar-refractivity contribution is 0.0762. The second kappa shape index (κ2) is 9.18. The molecular weight excluding hydrogens is 375 g/mol. The van der Waals surface area contributed by atoms with Crippen molar-refractivity contribution in [3.8, 4) is 0 Å². The Morgan fingerprint density at radius 1 is 0.897 bits per heavy atom. The van der Waals surface area contributed by atoms with Gasteiger partial charge in [-0.05, 0) is 42.8 Å². The lowest BCUT2D eigenvalue weighted by Crippen LogP contribution is -2.39. The highest BCUT2D eigenvalue weighted by atomic mass is 19.1. The Labute approximate surface area is 168 Å². The largest absolute Gasteiger partial charge is 0.355 e. The summed E-state index contributed by atoms with van der Waals surface area (Å²) in [6.07, 6.45) is 0.618. The minimum absolute atomic E-state index is 0.234. The van der Waals surface area contributed by atoms with Gasteiger partial charge in [0.05, 0.1) is 0 Å². The van der Waals surface area contributed by atoms with Crippen LogP contribution in [-0.4, -0.2) is 60.9 Å². The molecule has 0 spiro atoms. The summed E-state index contributed by atoms with van der Waals surface area (Å²) in [5.74, 6) is -0.932. The molecule has 4 amide bonds. The van der Waals surface area contributed by atoms with Crippen molar-refractivity contribution in [1.29, 1.82) is 0 Å². The van der Waals surface area contributed by atoms with Crippen LogP contribution in [0, 0.1) is 5.82 Å². The zero-order valence-electron chi connectivity index (χ0n) is 16.2. The molecule has 0 atom stereocenters. The van der Waals surface area contributed by atoms with Crippen molar-refractivity contribution in [1.82, 2.24) is 15.1 Å². The van der Waals surface area contributed by atoms with E-state index in [2.05, 4.69) is 10.6 Å². The lowest BCUT2D eigenvalue weighted by atomic mass is 10.2. The van der Waals surface area contributed by atoms with Crippen LogP contribution in [0.1, 0.15) is 27.1 Å². The molecule has 8 heteroatoms. The van der Waals surface area contributed by atoms with Gasteiger partial charge in [0.2, 0.25) is 0 Å². The van der Waals surface area contributed by atoms with Gasteiger partial charge in [0.1, 0.15) is 5.82 Å². The SMILES string of the molecule is CNC(=O)c1cccc(NC(=O)N2CCCN(C(=O)c3cccc(F)c3)CC2)c1. The van der Waals surface area contributed by atoms with E-state index in [-0.39, 0.29) is 17.8 Å². The Bertz CT molecular complexity index is 918. The van der Waals surface area contributed by atoms with Gasteiger partial charge < -0.3 is 20.4 Å². The molecule has 2 aromatic rings. The van der Waals surface area contributed by atoms with Gasteiger partial charge in [0.25, 0.3) is 11.8 Å². The van der Waals surface area contributed by atoms with E-state index < -0.39 is 5.82 Å². The van der Waals surface area contributed by atoms with Crippen molar-refractivity contribution in [3.63, 3.8) is 0 Å². The molecule has 0 aliphatic carbocycles. The van der Waals surface area contributed by atoms with Crippen LogP contribution in [0.25, 0.3) is 0 Å². The summed E-state index contributed by atoms with van der Waals surface area (Å²) in [5.41, 5.74) is 1.27. The van der Waals surface area contributed by atoms with E-state index in [0.717, 1.165) is 0 Å². The van der Waals surface area contributed by atoms with E-state index in [9.17, 15) is 18.8 Å². The summed E-state index contributed by atoms with van der Waals surface area (Å²) in [4.78, 5) is 40.2. The number of anilines is 1. The summed E-state index contributed by atoms with van der Waals surface area (Å²) in [5, 5.41) is 5.34. The first-order valence-corrected chi connectivity index (χ1v) is 9.41. The molecule has 2 N–H and O–H groups in total. The molecule has 1 aliphatic rings. The van der Waals surface area contributed by atoms with Crippen LogP contribution in [0.4, 0.5) is 14.9 Å². The van der Waals surface area contributed by atoms with Crippen molar-refractivity contribution >= 4 is 23.5 Å². The predicted octanol–water partition coefficient (Wildman–Crippen LogP) is 2.57. The summed E-state index contributed by atoms with van der Waals surface area (Å²) < 4.78 is 13.4. The molecular formula is C21H23FN4O3. The fourth-order valence-electron chi connectivity index (χ4n) is 3.21. The molecule has 1 fully saturated rings. The zero-order chi connectivity index (χ0) is 20.8. The smallest absolute Gasteiger partial charge is 0.321 e. The second-order valence-corrected chi connectivity index (χ2v) is 6.73. The topological polar surface area (TPSA) is 81.8 Å². The minimum atomic E-state index is -0.453. The van der Waals surface area contributed by atoms with Crippen molar-refractivity contribution in [3.05, 3.63) is 65.5 Å². The van der Waals surface area contributed by atoms with Crippen LogP contribution in [0.3, 0.4) is 0 Å². The average molecular weight is 398 g/mol. The molecule has 3 rings (SSSR count). The van der Waals surface area contributed by atoms with Crippen LogP contribution in [0.15, 0.2) is 48.5 Å². The number of nitrogens with one attached hydrogen (secondary N) is 2. The van der Waals surface area contributed by atoms with Crippen LogP contribution in [-0.2, 0) is 0 Å². The van der Waals surface area contributed by atoms with Crippen LogP contribution in [0.2, 0.25) is 0 Å². The van der Waals surface area contributed by atoms with Crippen molar-refractivity contribution in [2.45, 2.75) is 6.42 Å². The zero-order valence-corrected chi connectivity index (χ0v) is 16.2. The number of hydrogen-bond donors (Lipinski definition) is 2. The van der Waals surface area contributed by atoms with Gasteiger partial charge in [-0.2, -0.15) is 0 Å². The fraction of sp³-hybridized carbons (Fsp3) is 0.286. The first-order valence-electron chi connectivity index (χ1n) is 9.41. The average Bonchev–Trinajstić information content (AvgIpc) is 2.99. The molecule has 0 unspecified atom stereocenters. The third-order valence-corrected chi connectivity index (χ3v) is 4.74. The van der Waals surface area contributed by atoms with Gasteiger partial charge in [0, 0.05) is 50.0 Å². The molecule has 2 aromatic carbocycles. The standard InChI is InChI=1S/C21H23FN4O3/c1-23-19(27)15-5-3-8-18(14-15)24-21(29)26-10-4-9-25(11-12-26)20(28)16-6-2-7-17(22)13-16/h2-3,5-8,13-14H,4,9-12H2,1H3,(H,23,27)(H,24,29). The third kappa shape index (κ3) is 5.10. The third-order valence-electron chi connectivity index (χ3n) is 4.74. The van der Waals surface area contributed by atoms with Gasteiger partial charge >= 0.3 is 6.03 Å². The molecule has 0 saturated carbocycles. The Hall–Kier alpha value is -3.42. The highest BCUT2D eigenvalue weighted by Crippen LogP contribution is 2.14. The number of hydrogen-bond acceptors (Lipinski definition) is 3. The summed E-state index contributed by atoms with van der Waals surface area (Å²) >= 11 is 0. The molecule has 0 aromatic heterocycles. The van der Waals surface area contributed by atoms with Crippen LogP contribution < -0.4 is 10.6 Å². The Morgan fingerprint density at radius 3 is 2.34 bits per heavy atom. The van der Waals surface area contributed by atoms with E-state index in [1.807, 2.05) is 0 Å². The van der Waals surface area contributed by atoms with E-state index in [1.54, 1.807) is 47.2 Å². The van der Waals surface area contributed by atoms with E-state index in [0.29, 0.717) is 49.4 Å². The molecule has 0 radical (unpaired) electrons. The number of urea groups is 1. The van der Waals surface area contributed by atoms with Gasteiger partial charge in [-0.3, -0.25) is 9.59 Å². The second-order valence-electron chi connectivity index (χ2n) is 6.73. The Kier molecular flexibility index (Phi) is 6.43. The van der Waals surface area contributed by atoms with Crippen molar-refractivity contribution < 1.29 is 18.8 Å². The quantitative estimate of drug-likeness (QED) is 0.834. The van der Waals surface area contributed by atoms with E-state index >= 15 is 0 Å². The normalized spacial score (nSPS) is 14.1. The number of benzene rings is 2. The number of carbonyl (C=O) groups excluding carboxylic acids is 3. The van der Waals surface area contributed by atoms with Crippen LogP contribution >= 0.6 is 0 Å². The van der Waals surface area contributed by atoms with Gasteiger partial charge in [-0.1, -0.05) is 12.1 Å². The van der Waals surface area contributed by atoms with Crippen molar-refractivity contribution in [2.24, 2.45) is 0 Å². The predicted molar refractivity (Wildman–Crippen MR) is 107 cm³/mol. The molecule has 1 heterocycles. The van der Waals surface area contributed by atoms with E-state index in [1.165, 1.54) is 18.2 Å². The highest BCUT2D eigenvalue weighted by Gasteiger charge is 2.23.